The lowest BCUT2D eigenvalue weighted by Gasteiger charge is -2.09. The van der Waals surface area contributed by atoms with Gasteiger partial charge in [-0.05, 0) is 31.0 Å². The van der Waals surface area contributed by atoms with Crippen LogP contribution in [0.5, 0.6) is 0 Å². The Morgan fingerprint density at radius 3 is 2.61 bits per heavy atom. The van der Waals surface area contributed by atoms with E-state index in [2.05, 4.69) is 18.8 Å². The number of thiazole rings is 1. The highest BCUT2D eigenvalue weighted by Crippen LogP contribution is 2.30. The van der Waals surface area contributed by atoms with Gasteiger partial charge in [0.1, 0.15) is 5.01 Å². The van der Waals surface area contributed by atoms with Crippen molar-refractivity contribution >= 4 is 34.5 Å². The fourth-order valence-corrected chi connectivity index (χ4v) is 3.11. The lowest BCUT2D eigenvalue weighted by Crippen LogP contribution is -2.11. The molecule has 0 aliphatic rings. The van der Waals surface area contributed by atoms with Crippen molar-refractivity contribution in [2.24, 2.45) is 5.73 Å². The van der Waals surface area contributed by atoms with Crippen molar-refractivity contribution in [2.45, 2.75) is 26.3 Å². The number of rotatable bonds is 3. The lowest BCUT2D eigenvalue weighted by atomic mass is 10.1. The zero-order chi connectivity index (χ0) is 13.3. The number of halogens is 2. The zero-order valence-electron chi connectivity index (χ0n) is 10.2. The Morgan fingerprint density at radius 1 is 1.33 bits per heavy atom. The molecule has 2 nitrogen and oxygen atoms in total. The highest BCUT2D eigenvalue weighted by molar-refractivity contribution is 7.11. The molecule has 1 atom stereocenters. The first kappa shape index (κ1) is 13.8. The van der Waals surface area contributed by atoms with E-state index in [1.54, 1.807) is 23.5 Å². The summed E-state index contributed by atoms with van der Waals surface area (Å²) in [5.74, 6) is 0. The predicted molar refractivity (Wildman–Crippen MR) is 78.7 cm³/mol. The van der Waals surface area contributed by atoms with Crippen molar-refractivity contribution in [3.63, 3.8) is 0 Å². The van der Waals surface area contributed by atoms with Gasteiger partial charge in [0.15, 0.2) is 0 Å². The minimum absolute atomic E-state index is 0.247. The summed E-state index contributed by atoms with van der Waals surface area (Å²) in [5, 5.41) is 1.98. The van der Waals surface area contributed by atoms with Gasteiger partial charge in [0, 0.05) is 4.88 Å². The van der Waals surface area contributed by atoms with Crippen LogP contribution in [-0.4, -0.2) is 4.98 Å². The first-order valence-corrected chi connectivity index (χ1v) is 7.27. The van der Waals surface area contributed by atoms with Crippen LogP contribution in [0.15, 0.2) is 18.2 Å². The molecule has 2 rings (SSSR count). The van der Waals surface area contributed by atoms with E-state index in [1.807, 2.05) is 6.07 Å². The number of hydrogen-bond acceptors (Lipinski definition) is 3. The Bertz CT molecular complexity index is 566. The molecule has 1 aromatic carbocycles. The molecular formula is C13H14Cl2N2S. The molecule has 0 aliphatic heterocycles. The molecule has 0 aliphatic carbocycles. The molecule has 2 N–H and O–H groups in total. The third-order valence-corrected chi connectivity index (χ3v) is 4.65. The molecule has 0 radical (unpaired) electrons. The Morgan fingerprint density at radius 2 is 2.06 bits per heavy atom. The van der Waals surface area contributed by atoms with Gasteiger partial charge >= 0.3 is 0 Å². The van der Waals surface area contributed by atoms with E-state index in [9.17, 15) is 0 Å². The Kier molecular flexibility index (Phi) is 4.28. The Hall–Kier alpha value is -0.610. The van der Waals surface area contributed by atoms with E-state index in [-0.39, 0.29) is 6.04 Å². The van der Waals surface area contributed by atoms with Crippen LogP contribution < -0.4 is 5.73 Å². The molecule has 0 saturated carbocycles. The Labute approximate surface area is 121 Å². The maximum absolute atomic E-state index is 6.22. The van der Waals surface area contributed by atoms with E-state index in [0.29, 0.717) is 10.0 Å². The van der Waals surface area contributed by atoms with Crippen LogP contribution in [0.25, 0.3) is 0 Å². The smallest absolute Gasteiger partial charge is 0.114 e. The second kappa shape index (κ2) is 5.57. The van der Waals surface area contributed by atoms with Crippen molar-refractivity contribution in [1.82, 2.24) is 4.98 Å². The summed E-state index contributed by atoms with van der Waals surface area (Å²) >= 11 is 13.5. The molecule has 18 heavy (non-hydrogen) atoms. The van der Waals surface area contributed by atoms with Gasteiger partial charge in [0.25, 0.3) is 0 Å². The summed E-state index contributed by atoms with van der Waals surface area (Å²) in [6.45, 7) is 4.16. The van der Waals surface area contributed by atoms with Crippen LogP contribution in [0.2, 0.25) is 10.0 Å². The van der Waals surface area contributed by atoms with Crippen molar-refractivity contribution in [3.05, 3.63) is 49.4 Å². The Balaban J connectivity index is 2.34. The highest BCUT2D eigenvalue weighted by Gasteiger charge is 2.16. The molecule has 1 aromatic heterocycles. The fraction of sp³-hybridized carbons (Fsp3) is 0.308. The first-order valence-electron chi connectivity index (χ1n) is 5.69. The van der Waals surface area contributed by atoms with Crippen molar-refractivity contribution < 1.29 is 0 Å². The number of nitrogens with two attached hydrogens (primary N) is 1. The molecule has 0 spiro atoms. The maximum atomic E-state index is 6.22. The van der Waals surface area contributed by atoms with Crippen LogP contribution in [0.4, 0.5) is 0 Å². The molecule has 5 heteroatoms. The van der Waals surface area contributed by atoms with Gasteiger partial charge in [-0.2, -0.15) is 0 Å². The highest BCUT2D eigenvalue weighted by atomic mass is 35.5. The molecule has 0 bridgehead atoms. The van der Waals surface area contributed by atoms with Crippen molar-refractivity contribution in [1.29, 1.82) is 0 Å². The van der Waals surface area contributed by atoms with Crippen molar-refractivity contribution in [2.75, 3.05) is 0 Å². The van der Waals surface area contributed by atoms with Gasteiger partial charge < -0.3 is 5.73 Å². The molecular weight excluding hydrogens is 287 g/mol. The van der Waals surface area contributed by atoms with Crippen LogP contribution in [-0.2, 0) is 6.42 Å². The lowest BCUT2D eigenvalue weighted by molar-refractivity contribution is 0.844. The third kappa shape index (κ3) is 2.69. The van der Waals surface area contributed by atoms with Gasteiger partial charge in [0.05, 0.1) is 21.8 Å². The second-order valence-corrected chi connectivity index (χ2v) is 6.11. The second-order valence-electron chi connectivity index (χ2n) is 4.06. The minimum Gasteiger partial charge on any atom is -0.318 e. The van der Waals surface area contributed by atoms with E-state index < -0.39 is 0 Å². The van der Waals surface area contributed by atoms with E-state index >= 15 is 0 Å². The molecule has 96 valence electrons. The third-order valence-electron chi connectivity index (χ3n) is 2.81. The van der Waals surface area contributed by atoms with Gasteiger partial charge in [-0.1, -0.05) is 36.2 Å². The van der Waals surface area contributed by atoms with Gasteiger partial charge in [-0.15, -0.1) is 11.3 Å². The summed E-state index contributed by atoms with van der Waals surface area (Å²) in [5.41, 5.74) is 8.27. The molecule has 0 fully saturated rings. The largest absolute Gasteiger partial charge is 0.318 e. The molecule has 1 unspecified atom stereocenters. The number of aromatic nitrogens is 1. The summed E-state index contributed by atoms with van der Waals surface area (Å²) in [6, 6.07) is 5.21. The molecule has 2 aromatic rings. The molecule has 1 heterocycles. The fourth-order valence-electron chi connectivity index (χ4n) is 1.76. The number of hydrogen-bond donors (Lipinski definition) is 1. The number of aryl methyl sites for hydroxylation is 2. The predicted octanol–water partition coefficient (Wildman–Crippen LogP) is 4.37. The van der Waals surface area contributed by atoms with E-state index in [0.717, 1.165) is 22.7 Å². The van der Waals surface area contributed by atoms with Crippen LogP contribution >= 0.6 is 34.5 Å². The average Bonchev–Trinajstić information content (AvgIpc) is 2.73. The van der Waals surface area contributed by atoms with E-state index in [4.69, 9.17) is 28.9 Å². The quantitative estimate of drug-likeness (QED) is 0.914. The summed E-state index contributed by atoms with van der Waals surface area (Å²) in [6.07, 6.45) is 0.927. The van der Waals surface area contributed by atoms with E-state index in [1.165, 1.54) is 4.88 Å². The minimum atomic E-state index is -0.247. The zero-order valence-corrected chi connectivity index (χ0v) is 12.5. The summed E-state index contributed by atoms with van der Waals surface area (Å²) < 4.78 is 0. The van der Waals surface area contributed by atoms with Crippen LogP contribution in [0, 0.1) is 6.92 Å². The standard InChI is InChI=1S/C13H14Cl2N2S/c1-3-11-7(2)18-13(17-11)12(16)8-4-5-9(14)10(15)6-8/h4-6,12H,3,16H2,1-2H3. The number of benzene rings is 1. The normalized spacial score (nSPS) is 12.7. The monoisotopic (exact) mass is 300 g/mol. The van der Waals surface area contributed by atoms with Gasteiger partial charge in [-0.3, -0.25) is 0 Å². The van der Waals surface area contributed by atoms with Gasteiger partial charge in [-0.25, -0.2) is 4.98 Å². The topological polar surface area (TPSA) is 38.9 Å². The maximum Gasteiger partial charge on any atom is 0.114 e. The summed E-state index contributed by atoms with van der Waals surface area (Å²) in [7, 11) is 0. The van der Waals surface area contributed by atoms with Crippen LogP contribution in [0.3, 0.4) is 0 Å². The molecule has 0 amide bonds. The average molecular weight is 301 g/mol. The summed E-state index contributed by atoms with van der Waals surface area (Å²) in [4.78, 5) is 5.80. The number of nitrogens with zero attached hydrogens (tertiary/aromatic N) is 1. The molecule has 0 saturated heterocycles. The van der Waals surface area contributed by atoms with Crippen molar-refractivity contribution in [3.8, 4) is 0 Å². The first-order chi connectivity index (χ1) is 8.52. The van der Waals surface area contributed by atoms with Gasteiger partial charge in [0.2, 0.25) is 0 Å². The SMILES string of the molecule is CCc1nc(C(N)c2ccc(Cl)c(Cl)c2)sc1C. The van der Waals surface area contributed by atoms with Crippen LogP contribution in [0.1, 0.15) is 34.1 Å².